The van der Waals surface area contributed by atoms with Crippen molar-refractivity contribution >= 4 is 17.5 Å². The fraction of sp³-hybridized carbons (Fsp3) is 0.469. The molecule has 0 radical (unpaired) electrons. The van der Waals surface area contributed by atoms with E-state index in [0.29, 0.717) is 30.7 Å². The SMILES string of the molecule is CC1(C)CCN(Cc2ccc(C(=O)NC[C@@]3(O)CCCN(c4cc(NCc5ccccc5)ncn4)C3)c(O)c2)CC1. The van der Waals surface area contributed by atoms with Crippen molar-refractivity contribution in [1.29, 1.82) is 0 Å². The zero-order valence-electron chi connectivity index (χ0n) is 24.1. The first-order valence-corrected chi connectivity index (χ1v) is 14.6. The Labute approximate surface area is 242 Å². The van der Waals surface area contributed by atoms with E-state index >= 15 is 0 Å². The summed E-state index contributed by atoms with van der Waals surface area (Å²) in [6, 6.07) is 17.3. The molecule has 2 saturated heterocycles. The zero-order chi connectivity index (χ0) is 28.9. The number of hydrogen-bond donors (Lipinski definition) is 4. The summed E-state index contributed by atoms with van der Waals surface area (Å²) >= 11 is 0. The monoisotopic (exact) mass is 558 g/mol. The van der Waals surface area contributed by atoms with Crippen LogP contribution < -0.4 is 15.5 Å². The average Bonchev–Trinajstić information content (AvgIpc) is 2.97. The van der Waals surface area contributed by atoms with Gasteiger partial charge >= 0.3 is 0 Å². The van der Waals surface area contributed by atoms with Crippen LogP contribution in [-0.4, -0.2) is 69.3 Å². The highest BCUT2D eigenvalue weighted by atomic mass is 16.3. The van der Waals surface area contributed by atoms with Crippen molar-refractivity contribution < 1.29 is 15.0 Å². The van der Waals surface area contributed by atoms with E-state index in [1.165, 1.54) is 6.33 Å². The fourth-order valence-electron chi connectivity index (χ4n) is 5.64. The van der Waals surface area contributed by atoms with Gasteiger partial charge < -0.3 is 25.7 Å². The number of phenols is 1. The minimum atomic E-state index is -1.12. The Balaban J connectivity index is 1.15. The maximum Gasteiger partial charge on any atom is 0.255 e. The van der Waals surface area contributed by atoms with Crippen molar-refractivity contribution in [3.05, 3.63) is 77.6 Å². The number of aromatic nitrogens is 2. The molecule has 218 valence electrons. The quantitative estimate of drug-likeness (QED) is 0.309. The third kappa shape index (κ3) is 7.74. The molecule has 0 bridgehead atoms. The Morgan fingerprint density at radius 1 is 0.976 bits per heavy atom. The van der Waals surface area contributed by atoms with Crippen LogP contribution >= 0.6 is 0 Å². The summed E-state index contributed by atoms with van der Waals surface area (Å²) < 4.78 is 0. The predicted octanol–water partition coefficient (Wildman–Crippen LogP) is 4.18. The van der Waals surface area contributed by atoms with Gasteiger partial charge in [-0.15, -0.1) is 0 Å². The predicted molar refractivity (Wildman–Crippen MR) is 161 cm³/mol. The molecule has 2 aliphatic heterocycles. The number of piperidine rings is 2. The Kier molecular flexibility index (Phi) is 8.75. The lowest BCUT2D eigenvalue weighted by molar-refractivity contribution is 0.0254. The van der Waals surface area contributed by atoms with E-state index in [1.807, 2.05) is 35.2 Å². The van der Waals surface area contributed by atoms with E-state index in [1.54, 1.807) is 12.1 Å². The maximum atomic E-state index is 13.0. The number of aromatic hydroxyl groups is 1. The van der Waals surface area contributed by atoms with Gasteiger partial charge in [-0.05, 0) is 67.4 Å². The number of carbonyl (C=O) groups excluding carboxylic acids is 1. The zero-order valence-corrected chi connectivity index (χ0v) is 24.1. The van der Waals surface area contributed by atoms with E-state index in [2.05, 4.69) is 51.5 Å². The van der Waals surface area contributed by atoms with Crippen LogP contribution in [0.1, 0.15) is 61.0 Å². The highest BCUT2D eigenvalue weighted by Gasteiger charge is 2.34. The number of carbonyl (C=O) groups is 1. The molecule has 0 saturated carbocycles. The molecule has 1 amide bonds. The van der Waals surface area contributed by atoms with Gasteiger partial charge in [0, 0.05) is 38.8 Å². The van der Waals surface area contributed by atoms with Crippen LogP contribution in [0.15, 0.2) is 60.9 Å². The summed E-state index contributed by atoms with van der Waals surface area (Å²) in [5, 5.41) is 28.2. The molecule has 0 aliphatic carbocycles. The summed E-state index contributed by atoms with van der Waals surface area (Å²) in [6.07, 6.45) is 5.16. The molecule has 3 heterocycles. The fourth-order valence-corrected chi connectivity index (χ4v) is 5.64. The topological polar surface area (TPSA) is 114 Å². The number of rotatable bonds is 9. The van der Waals surface area contributed by atoms with Crippen LogP contribution in [0.25, 0.3) is 0 Å². The number of β-amino-alcohol motifs (C(OH)–C–C–N with tert-alkyl or cyclic N) is 1. The van der Waals surface area contributed by atoms with E-state index in [4.69, 9.17) is 0 Å². The van der Waals surface area contributed by atoms with E-state index in [9.17, 15) is 15.0 Å². The second-order valence-electron chi connectivity index (χ2n) is 12.3. The molecule has 0 spiro atoms. The van der Waals surface area contributed by atoms with Crippen molar-refractivity contribution in [1.82, 2.24) is 20.2 Å². The van der Waals surface area contributed by atoms with Gasteiger partial charge in [0.25, 0.3) is 5.91 Å². The second kappa shape index (κ2) is 12.4. The Bertz CT molecular complexity index is 1320. The van der Waals surface area contributed by atoms with Gasteiger partial charge in [-0.25, -0.2) is 9.97 Å². The Hall–Kier alpha value is -3.69. The Morgan fingerprint density at radius 3 is 2.51 bits per heavy atom. The number of phenolic OH excluding ortho intramolecular Hbond substituents is 1. The molecular weight excluding hydrogens is 516 g/mol. The van der Waals surface area contributed by atoms with Crippen molar-refractivity contribution in [2.75, 3.05) is 42.9 Å². The molecule has 9 heteroatoms. The first-order valence-electron chi connectivity index (χ1n) is 14.6. The standard InChI is InChI=1S/C32H42N6O3/c1-31(2)12-15-37(16-13-31)20-25-9-10-26(27(39)17-25)30(40)34-21-32(41)11-6-14-38(22-32)29-18-28(35-23-36-29)33-19-24-7-4-3-5-8-24/h3-5,7-10,17-18,23,39,41H,6,11-16,19-22H2,1-2H3,(H,34,40)(H,33,35,36)/t32-/m0/s1. The molecule has 0 unspecified atom stereocenters. The summed E-state index contributed by atoms with van der Waals surface area (Å²) in [5.41, 5.74) is 1.63. The number of likely N-dealkylation sites (tertiary alicyclic amines) is 1. The minimum absolute atomic E-state index is 0.0360. The number of benzene rings is 2. The van der Waals surface area contributed by atoms with Gasteiger partial charge in [0.05, 0.1) is 11.2 Å². The lowest BCUT2D eigenvalue weighted by Gasteiger charge is -2.40. The van der Waals surface area contributed by atoms with E-state index < -0.39 is 11.5 Å². The van der Waals surface area contributed by atoms with Crippen molar-refractivity contribution in [3.63, 3.8) is 0 Å². The summed E-state index contributed by atoms with van der Waals surface area (Å²) in [4.78, 5) is 26.2. The molecule has 9 nitrogen and oxygen atoms in total. The van der Waals surface area contributed by atoms with Crippen LogP contribution in [0.4, 0.5) is 11.6 Å². The summed E-state index contributed by atoms with van der Waals surface area (Å²) in [5.74, 6) is 1.01. The molecule has 3 aromatic rings. The largest absolute Gasteiger partial charge is 0.507 e. The molecule has 4 N–H and O–H groups in total. The van der Waals surface area contributed by atoms with Gasteiger partial charge in [0.1, 0.15) is 23.7 Å². The third-order valence-electron chi connectivity index (χ3n) is 8.35. The van der Waals surface area contributed by atoms with Gasteiger partial charge in [-0.2, -0.15) is 0 Å². The van der Waals surface area contributed by atoms with Crippen molar-refractivity contribution in [2.24, 2.45) is 5.41 Å². The molecule has 1 atom stereocenters. The van der Waals surface area contributed by atoms with Crippen LogP contribution in [-0.2, 0) is 13.1 Å². The number of nitrogens with zero attached hydrogens (tertiary/aromatic N) is 4. The van der Waals surface area contributed by atoms with Crippen LogP contribution in [0.2, 0.25) is 0 Å². The number of aliphatic hydroxyl groups is 1. The highest BCUT2D eigenvalue weighted by molar-refractivity contribution is 5.96. The molecule has 2 fully saturated rings. The van der Waals surface area contributed by atoms with Gasteiger partial charge in [0.15, 0.2) is 0 Å². The van der Waals surface area contributed by atoms with Crippen molar-refractivity contribution in [2.45, 2.75) is 58.2 Å². The average molecular weight is 559 g/mol. The summed E-state index contributed by atoms with van der Waals surface area (Å²) in [6.45, 7) is 9.26. The molecular formula is C32H42N6O3. The van der Waals surface area contributed by atoms with Crippen LogP contribution in [0.3, 0.4) is 0 Å². The maximum absolute atomic E-state index is 13.0. The minimum Gasteiger partial charge on any atom is -0.507 e. The Morgan fingerprint density at radius 2 is 1.76 bits per heavy atom. The van der Waals surface area contributed by atoms with Gasteiger partial charge in [-0.1, -0.05) is 50.2 Å². The van der Waals surface area contributed by atoms with E-state index in [0.717, 1.165) is 62.4 Å². The summed E-state index contributed by atoms with van der Waals surface area (Å²) in [7, 11) is 0. The van der Waals surface area contributed by atoms with Crippen LogP contribution in [0.5, 0.6) is 5.75 Å². The first-order chi connectivity index (χ1) is 19.7. The molecule has 5 rings (SSSR count). The molecule has 41 heavy (non-hydrogen) atoms. The number of amides is 1. The van der Waals surface area contributed by atoms with Gasteiger partial charge in [-0.3, -0.25) is 9.69 Å². The number of hydrogen-bond acceptors (Lipinski definition) is 8. The molecule has 2 aromatic carbocycles. The van der Waals surface area contributed by atoms with E-state index in [-0.39, 0.29) is 17.9 Å². The number of nitrogens with one attached hydrogen (secondary N) is 2. The first kappa shape index (κ1) is 28.8. The smallest absolute Gasteiger partial charge is 0.255 e. The molecule has 2 aliphatic rings. The third-order valence-corrected chi connectivity index (χ3v) is 8.35. The lowest BCUT2D eigenvalue weighted by Crippen LogP contribution is -2.54. The van der Waals surface area contributed by atoms with Crippen molar-refractivity contribution in [3.8, 4) is 5.75 Å². The second-order valence-corrected chi connectivity index (χ2v) is 12.3. The molecule has 1 aromatic heterocycles. The lowest BCUT2D eigenvalue weighted by atomic mass is 9.82. The van der Waals surface area contributed by atoms with Gasteiger partial charge in [0.2, 0.25) is 0 Å². The normalized spacial score (nSPS) is 20.9. The highest BCUT2D eigenvalue weighted by Crippen LogP contribution is 2.31. The number of anilines is 2. The van der Waals surface area contributed by atoms with Crippen LogP contribution in [0, 0.1) is 5.41 Å².